The minimum atomic E-state index is 0.105. The van der Waals surface area contributed by atoms with Gasteiger partial charge in [0.15, 0.2) is 0 Å². The van der Waals surface area contributed by atoms with E-state index in [1.54, 1.807) is 0 Å². The lowest BCUT2D eigenvalue weighted by molar-refractivity contribution is -0.121. The van der Waals surface area contributed by atoms with Crippen molar-refractivity contribution in [1.82, 2.24) is 5.32 Å². The fraction of sp³-hybridized carbons (Fsp3) is 0.500. The summed E-state index contributed by atoms with van der Waals surface area (Å²) in [6.45, 7) is 2.03. The maximum atomic E-state index is 11.6. The monoisotopic (exact) mass is 253 g/mol. The lowest BCUT2D eigenvalue weighted by Crippen LogP contribution is -2.35. The van der Waals surface area contributed by atoms with Crippen molar-refractivity contribution in [3.63, 3.8) is 0 Å². The molecule has 1 amide bonds. The standard InChI is InChI=1S/C14H20ClNO/c1-2-13(11-15)16-14(17)10-6-9-12-7-4-3-5-8-12/h3-5,7-8,13H,2,6,9-11H2,1H3,(H,16,17). The van der Waals surface area contributed by atoms with Crippen LogP contribution < -0.4 is 5.32 Å². The van der Waals surface area contributed by atoms with E-state index in [9.17, 15) is 4.79 Å². The molecule has 0 bridgehead atoms. The molecule has 2 nitrogen and oxygen atoms in total. The van der Waals surface area contributed by atoms with E-state index < -0.39 is 0 Å². The van der Waals surface area contributed by atoms with E-state index in [1.165, 1.54) is 5.56 Å². The van der Waals surface area contributed by atoms with Gasteiger partial charge in [0.2, 0.25) is 5.91 Å². The van der Waals surface area contributed by atoms with Gasteiger partial charge < -0.3 is 5.32 Å². The Hall–Kier alpha value is -1.02. The molecular formula is C14H20ClNO. The summed E-state index contributed by atoms with van der Waals surface area (Å²) in [5.74, 6) is 0.592. The van der Waals surface area contributed by atoms with Gasteiger partial charge in [-0.25, -0.2) is 0 Å². The first-order valence-corrected chi connectivity index (χ1v) is 6.69. The van der Waals surface area contributed by atoms with Crippen LogP contribution in [0.1, 0.15) is 31.7 Å². The van der Waals surface area contributed by atoms with Crippen molar-refractivity contribution in [3.05, 3.63) is 35.9 Å². The molecule has 1 aromatic carbocycles. The maximum absolute atomic E-state index is 11.6. The van der Waals surface area contributed by atoms with Crippen LogP contribution >= 0.6 is 11.6 Å². The Labute approximate surface area is 108 Å². The van der Waals surface area contributed by atoms with Crippen LogP contribution in [0.3, 0.4) is 0 Å². The smallest absolute Gasteiger partial charge is 0.220 e. The molecule has 1 atom stereocenters. The summed E-state index contributed by atoms with van der Waals surface area (Å²) in [7, 11) is 0. The van der Waals surface area contributed by atoms with Gasteiger partial charge in [-0.15, -0.1) is 11.6 Å². The number of carbonyl (C=O) groups is 1. The Morgan fingerprint density at radius 3 is 2.65 bits per heavy atom. The Bertz CT molecular complexity index is 322. The van der Waals surface area contributed by atoms with Crippen molar-refractivity contribution >= 4 is 17.5 Å². The lowest BCUT2D eigenvalue weighted by atomic mass is 10.1. The number of carbonyl (C=O) groups excluding carboxylic acids is 1. The first-order chi connectivity index (χ1) is 8.26. The van der Waals surface area contributed by atoms with Gasteiger partial charge in [-0.2, -0.15) is 0 Å². The Morgan fingerprint density at radius 2 is 2.06 bits per heavy atom. The molecule has 0 fully saturated rings. The second-order valence-electron chi connectivity index (χ2n) is 4.17. The third-order valence-corrected chi connectivity index (χ3v) is 3.13. The number of halogens is 1. The van der Waals surface area contributed by atoms with Crippen LogP contribution in [-0.2, 0) is 11.2 Å². The number of hydrogen-bond acceptors (Lipinski definition) is 1. The molecule has 0 aliphatic heterocycles. The molecule has 0 aliphatic rings. The van der Waals surface area contributed by atoms with Gasteiger partial charge >= 0.3 is 0 Å². The van der Waals surface area contributed by atoms with Crippen LogP contribution in [0.15, 0.2) is 30.3 Å². The molecule has 0 heterocycles. The highest BCUT2D eigenvalue weighted by Crippen LogP contribution is 2.05. The van der Waals surface area contributed by atoms with E-state index in [-0.39, 0.29) is 11.9 Å². The lowest BCUT2D eigenvalue weighted by Gasteiger charge is -2.13. The van der Waals surface area contributed by atoms with E-state index in [1.807, 2.05) is 25.1 Å². The summed E-state index contributed by atoms with van der Waals surface area (Å²) in [5, 5.41) is 2.93. The number of hydrogen-bond donors (Lipinski definition) is 1. The fourth-order valence-electron chi connectivity index (χ4n) is 1.65. The van der Waals surface area contributed by atoms with Crippen molar-refractivity contribution in [2.24, 2.45) is 0 Å². The number of amides is 1. The molecule has 1 rings (SSSR count). The van der Waals surface area contributed by atoms with Gasteiger partial charge in [0.1, 0.15) is 0 Å². The maximum Gasteiger partial charge on any atom is 0.220 e. The molecular weight excluding hydrogens is 234 g/mol. The number of benzene rings is 1. The van der Waals surface area contributed by atoms with Gasteiger partial charge in [0, 0.05) is 18.3 Å². The van der Waals surface area contributed by atoms with Crippen molar-refractivity contribution in [1.29, 1.82) is 0 Å². The molecule has 0 aliphatic carbocycles. The van der Waals surface area contributed by atoms with Crippen LogP contribution in [0, 0.1) is 0 Å². The minimum absolute atomic E-state index is 0.105. The summed E-state index contributed by atoms with van der Waals surface area (Å²) in [5.41, 5.74) is 1.28. The molecule has 0 saturated heterocycles. The van der Waals surface area contributed by atoms with Crippen molar-refractivity contribution < 1.29 is 4.79 Å². The van der Waals surface area contributed by atoms with Gasteiger partial charge in [-0.05, 0) is 24.8 Å². The van der Waals surface area contributed by atoms with Gasteiger partial charge in [0.25, 0.3) is 0 Å². The topological polar surface area (TPSA) is 29.1 Å². The normalized spacial score (nSPS) is 12.1. The third kappa shape index (κ3) is 5.73. The van der Waals surface area contributed by atoms with E-state index in [4.69, 9.17) is 11.6 Å². The zero-order chi connectivity index (χ0) is 12.5. The van der Waals surface area contributed by atoms with Crippen LogP contribution in [-0.4, -0.2) is 17.8 Å². The summed E-state index contributed by atoms with van der Waals surface area (Å²) in [6.07, 6.45) is 3.29. The second-order valence-corrected chi connectivity index (χ2v) is 4.47. The Balaban J connectivity index is 2.20. The van der Waals surface area contributed by atoms with Crippen LogP contribution in [0.4, 0.5) is 0 Å². The summed E-state index contributed by atoms with van der Waals surface area (Å²) < 4.78 is 0. The Morgan fingerprint density at radius 1 is 1.35 bits per heavy atom. The fourth-order valence-corrected chi connectivity index (χ4v) is 1.94. The molecule has 1 aromatic rings. The molecule has 1 unspecified atom stereocenters. The highest BCUT2D eigenvalue weighted by molar-refractivity contribution is 6.18. The predicted molar refractivity (Wildman–Crippen MR) is 72.3 cm³/mol. The SMILES string of the molecule is CCC(CCl)NC(=O)CCCc1ccccc1. The highest BCUT2D eigenvalue weighted by atomic mass is 35.5. The van der Waals surface area contributed by atoms with Gasteiger partial charge in [-0.1, -0.05) is 37.3 Å². The van der Waals surface area contributed by atoms with E-state index >= 15 is 0 Å². The number of nitrogens with one attached hydrogen (secondary N) is 1. The average molecular weight is 254 g/mol. The minimum Gasteiger partial charge on any atom is -0.352 e. The molecule has 0 saturated carbocycles. The molecule has 1 N–H and O–H groups in total. The highest BCUT2D eigenvalue weighted by Gasteiger charge is 2.08. The third-order valence-electron chi connectivity index (χ3n) is 2.76. The summed E-state index contributed by atoms with van der Waals surface area (Å²) in [6, 6.07) is 10.3. The number of alkyl halides is 1. The number of rotatable bonds is 7. The van der Waals surface area contributed by atoms with E-state index in [0.717, 1.165) is 19.3 Å². The van der Waals surface area contributed by atoms with E-state index in [2.05, 4.69) is 17.4 Å². The summed E-state index contributed by atoms with van der Waals surface area (Å²) in [4.78, 5) is 11.6. The molecule has 0 radical (unpaired) electrons. The number of aryl methyl sites for hydroxylation is 1. The quantitative estimate of drug-likeness (QED) is 0.744. The first kappa shape index (κ1) is 14.0. The van der Waals surface area contributed by atoms with Crippen LogP contribution in [0.2, 0.25) is 0 Å². The molecule has 3 heteroatoms. The van der Waals surface area contributed by atoms with Gasteiger partial charge in [0.05, 0.1) is 0 Å². The average Bonchev–Trinajstić information content (AvgIpc) is 2.37. The largest absolute Gasteiger partial charge is 0.352 e. The molecule has 94 valence electrons. The first-order valence-electron chi connectivity index (χ1n) is 6.15. The molecule has 0 aromatic heterocycles. The Kier molecular flexibility index (Phi) is 6.71. The van der Waals surface area contributed by atoms with Gasteiger partial charge in [-0.3, -0.25) is 4.79 Å². The zero-order valence-corrected chi connectivity index (χ0v) is 11.0. The van der Waals surface area contributed by atoms with Crippen LogP contribution in [0.25, 0.3) is 0 Å². The predicted octanol–water partition coefficient (Wildman–Crippen LogP) is 3.14. The molecule has 0 spiro atoms. The second kappa shape index (κ2) is 8.13. The molecule has 17 heavy (non-hydrogen) atoms. The van der Waals surface area contributed by atoms with Crippen molar-refractivity contribution in [2.45, 2.75) is 38.6 Å². The summed E-state index contributed by atoms with van der Waals surface area (Å²) >= 11 is 5.73. The van der Waals surface area contributed by atoms with Crippen LogP contribution in [0.5, 0.6) is 0 Å². The van der Waals surface area contributed by atoms with Crippen molar-refractivity contribution in [2.75, 3.05) is 5.88 Å². The van der Waals surface area contributed by atoms with E-state index in [0.29, 0.717) is 12.3 Å². The van der Waals surface area contributed by atoms with Crippen molar-refractivity contribution in [3.8, 4) is 0 Å². The zero-order valence-electron chi connectivity index (χ0n) is 10.3.